The second-order valence-electron chi connectivity index (χ2n) is 6.23. The molecule has 0 aliphatic heterocycles. The molecule has 5 nitrogen and oxygen atoms in total. The summed E-state index contributed by atoms with van der Waals surface area (Å²) in [5, 5.41) is 4.18. The fourth-order valence-corrected chi connectivity index (χ4v) is 4.46. The van der Waals surface area contributed by atoms with Crippen molar-refractivity contribution < 1.29 is 8.42 Å². The molecular weight excluding hydrogens is 310 g/mol. The minimum atomic E-state index is -3.55. The van der Waals surface area contributed by atoms with Gasteiger partial charge < -0.3 is 0 Å². The van der Waals surface area contributed by atoms with Gasteiger partial charge in [-0.3, -0.25) is 4.68 Å². The third-order valence-electron chi connectivity index (χ3n) is 4.70. The van der Waals surface area contributed by atoms with Crippen molar-refractivity contribution in [3.8, 4) is 0 Å². The monoisotopic (exact) mass is 335 g/mol. The Morgan fingerprint density at radius 2 is 1.61 bits per heavy atom. The van der Waals surface area contributed by atoms with Crippen LogP contribution in [0.15, 0.2) is 17.2 Å². The third-order valence-corrected chi connectivity index (χ3v) is 6.77. The summed E-state index contributed by atoms with van der Waals surface area (Å²) in [4.78, 5) is 0.430. The van der Waals surface area contributed by atoms with E-state index in [1.54, 1.807) is 17.9 Å². The molecule has 0 aliphatic carbocycles. The Hall–Kier alpha value is -1.66. The predicted molar refractivity (Wildman–Crippen MR) is 92.0 cm³/mol. The van der Waals surface area contributed by atoms with Crippen LogP contribution in [0.5, 0.6) is 0 Å². The fourth-order valence-electron chi connectivity index (χ4n) is 2.75. The van der Waals surface area contributed by atoms with Gasteiger partial charge in [0.25, 0.3) is 0 Å². The maximum Gasteiger partial charge on any atom is 0.243 e. The summed E-state index contributed by atoms with van der Waals surface area (Å²) in [5.41, 5.74) is 5.53. The summed E-state index contributed by atoms with van der Waals surface area (Å²) in [6.45, 7) is 9.90. The third kappa shape index (κ3) is 3.05. The van der Waals surface area contributed by atoms with Crippen LogP contribution >= 0.6 is 0 Å². The number of aryl methyl sites for hydroxylation is 3. The van der Waals surface area contributed by atoms with E-state index in [4.69, 9.17) is 0 Å². The van der Waals surface area contributed by atoms with Gasteiger partial charge in [-0.1, -0.05) is 6.07 Å². The minimum absolute atomic E-state index is 0.313. The van der Waals surface area contributed by atoms with E-state index in [2.05, 4.69) is 5.10 Å². The number of sulfonamides is 1. The van der Waals surface area contributed by atoms with E-state index in [0.717, 1.165) is 33.5 Å². The smallest absolute Gasteiger partial charge is 0.243 e. The van der Waals surface area contributed by atoms with Gasteiger partial charge in [-0.2, -0.15) is 9.40 Å². The summed E-state index contributed by atoms with van der Waals surface area (Å²) < 4.78 is 29.4. The van der Waals surface area contributed by atoms with Crippen molar-refractivity contribution in [3.63, 3.8) is 0 Å². The van der Waals surface area contributed by atoms with Crippen LogP contribution in [0, 0.1) is 34.6 Å². The molecule has 0 radical (unpaired) electrons. The van der Waals surface area contributed by atoms with Gasteiger partial charge in [0.1, 0.15) is 0 Å². The van der Waals surface area contributed by atoms with Gasteiger partial charge in [0.15, 0.2) is 0 Å². The second-order valence-corrected chi connectivity index (χ2v) is 8.21. The molecule has 0 unspecified atom stereocenters. The first kappa shape index (κ1) is 17.7. The molecule has 6 heteroatoms. The lowest BCUT2D eigenvalue weighted by atomic mass is 10.0. The van der Waals surface area contributed by atoms with Crippen molar-refractivity contribution in [1.29, 1.82) is 0 Å². The molecule has 2 aromatic rings. The van der Waals surface area contributed by atoms with E-state index in [9.17, 15) is 8.42 Å². The van der Waals surface area contributed by atoms with Crippen LogP contribution in [0.25, 0.3) is 0 Å². The molecule has 1 aromatic carbocycles. The molecule has 0 spiro atoms. The predicted octanol–water partition coefficient (Wildman–Crippen LogP) is 2.78. The maximum atomic E-state index is 13.1. The Morgan fingerprint density at radius 1 is 1.09 bits per heavy atom. The van der Waals surface area contributed by atoms with E-state index < -0.39 is 10.0 Å². The van der Waals surface area contributed by atoms with Gasteiger partial charge in [0.2, 0.25) is 10.0 Å². The van der Waals surface area contributed by atoms with Crippen molar-refractivity contribution >= 4 is 10.0 Å². The van der Waals surface area contributed by atoms with Crippen LogP contribution < -0.4 is 0 Å². The zero-order valence-electron chi connectivity index (χ0n) is 14.9. The standard InChI is InChI=1S/C17H25N3O2S/c1-11-8-12(2)14(4)17(13(11)3)23(21,22)19(6)10-16-9-18-20(7)15(16)5/h8-9H,10H2,1-7H3. The zero-order valence-corrected chi connectivity index (χ0v) is 15.7. The van der Waals surface area contributed by atoms with Crippen molar-refractivity contribution in [2.24, 2.45) is 7.05 Å². The lowest BCUT2D eigenvalue weighted by molar-refractivity contribution is 0.464. The Kier molecular flexibility index (Phi) is 4.69. The first-order chi connectivity index (χ1) is 10.6. The SMILES string of the molecule is Cc1cc(C)c(C)c(S(=O)(=O)N(C)Cc2cnn(C)c2C)c1C. The number of rotatable bonds is 4. The Bertz CT molecular complexity index is 825. The lowest BCUT2D eigenvalue weighted by Gasteiger charge is -2.22. The van der Waals surface area contributed by atoms with Gasteiger partial charge in [-0.15, -0.1) is 0 Å². The number of hydrogen-bond donors (Lipinski definition) is 0. The molecule has 0 fully saturated rings. The molecule has 2 rings (SSSR count). The minimum Gasteiger partial charge on any atom is -0.273 e. The van der Waals surface area contributed by atoms with Gasteiger partial charge >= 0.3 is 0 Å². The largest absolute Gasteiger partial charge is 0.273 e. The Labute approximate surface area is 139 Å². The van der Waals surface area contributed by atoms with Gasteiger partial charge in [-0.05, 0) is 56.9 Å². The number of benzene rings is 1. The van der Waals surface area contributed by atoms with Gasteiger partial charge in [0, 0.05) is 31.9 Å². The van der Waals surface area contributed by atoms with Crippen LogP contribution in [-0.2, 0) is 23.6 Å². The first-order valence-electron chi connectivity index (χ1n) is 7.58. The molecule has 23 heavy (non-hydrogen) atoms. The fraction of sp³-hybridized carbons (Fsp3) is 0.471. The molecule has 0 aliphatic rings. The molecule has 1 aromatic heterocycles. The van der Waals surface area contributed by atoms with E-state index >= 15 is 0 Å². The normalized spacial score (nSPS) is 12.2. The quantitative estimate of drug-likeness (QED) is 0.863. The highest BCUT2D eigenvalue weighted by molar-refractivity contribution is 7.89. The van der Waals surface area contributed by atoms with Crippen LogP contribution in [0.1, 0.15) is 33.5 Å². The highest BCUT2D eigenvalue weighted by Gasteiger charge is 2.27. The van der Waals surface area contributed by atoms with E-state index in [-0.39, 0.29) is 0 Å². The van der Waals surface area contributed by atoms with Crippen LogP contribution in [-0.4, -0.2) is 29.6 Å². The Balaban J connectivity index is 2.48. The van der Waals surface area contributed by atoms with Crippen LogP contribution in [0.2, 0.25) is 0 Å². The molecule has 126 valence electrons. The topological polar surface area (TPSA) is 55.2 Å². The molecule has 0 bridgehead atoms. The highest BCUT2D eigenvalue weighted by atomic mass is 32.2. The number of nitrogens with zero attached hydrogens (tertiary/aromatic N) is 3. The first-order valence-corrected chi connectivity index (χ1v) is 9.02. The molecule has 0 atom stereocenters. The van der Waals surface area contributed by atoms with Crippen molar-refractivity contribution in [1.82, 2.24) is 14.1 Å². The summed E-state index contributed by atoms with van der Waals surface area (Å²) in [5.74, 6) is 0. The average molecular weight is 335 g/mol. The summed E-state index contributed by atoms with van der Waals surface area (Å²) in [6, 6.07) is 2.04. The maximum absolute atomic E-state index is 13.1. The average Bonchev–Trinajstić information content (AvgIpc) is 2.77. The summed E-state index contributed by atoms with van der Waals surface area (Å²) in [7, 11) is -0.0787. The van der Waals surface area contributed by atoms with Crippen LogP contribution in [0.3, 0.4) is 0 Å². The Morgan fingerprint density at radius 3 is 2.04 bits per heavy atom. The molecular formula is C17H25N3O2S. The molecule has 0 saturated heterocycles. The van der Waals surface area contributed by atoms with Crippen molar-refractivity contribution in [3.05, 3.63) is 45.8 Å². The van der Waals surface area contributed by atoms with Gasteiger partial charge in [0.05, 0.1) is 11.1 Å². The highest BCUT2D eigenvalue weighted by Crippen LogP contribution is 2.29. The second kappa shape index (κ2) is 6.09. The molecule has 0 saturated carbocycles. The van der Waals surface area contributed by atoms with Crippen LogP contribution in [0.4, 0.5) is 0 Å². The summed E-state index contributed by atoms with van der Waals surface area (Å²) in [6.07, 6.45) is 1.72. The molecule has 0 amide bonds. The molecule has 0 N–H and O–H groups in total. The number of aromatic nitrogens is 2. The zero-order chi connectivity index (χ0) is 17.5. The van der Waals surface area contributed by atoms with Gasteiger partial charge in [-0.25, -0.2) is 8.42 Å². The van der Waals surface area contributed by atoms with E-state index in [1.165, 1.54) is 4.31 Å². The lowest BCUT2D eigenvalue weighted by Crippen LogP contribution is -2.28. The molecule has 1 heterocycles. The summed E-state index contributed by atoms with van der Waals surface area (Å²) >= 11 is 0. The van der Waals surface area contributed by atoms with Crippen molar-refractivity contribution in [2.75, 3.05) is 7.05 Å². The van der Waals surface area contributed by atoms with Crippen molar-refractivity contribution in [2.45, 2.75) is 46.1 Å². The number of hydrogen-bond acceptors (Lipinski definition) is 3. The van der Waals surface area contributed by atoms with E-state index in [0.29, 0.717) is 11.4 Å². The van der Waals surface area contributed by atoms with E-state index in [1.807, 2.05) is 47.7 Å².